The van der Waals surface area contributed by atoms with Gasteiger partial charge in [0.15, 0.2) is 0 Å². The van der Waals surface area contributed by atoms with E-state index in [9.17, 15) is 14.4 Å². The maximum atomic E-state index is 10.6. The van der Waals surface area contributed by atoms with E-state index in [-0.39, 0.29) is 17.7 Å². The van der Waals surface area contributed by atoms with Crippen LogP contribution in [-0.2, 0) is 30.4 Å². The molecule has 0 aliphatic rings. The van der Waals surface area contributed by atoms with Crippen molar-refractivity contribution in [1.82, 2.24) is 15.0 Å². The Morgan fingerprint density at radius 3 is 1.00 bits per heavy atom. The van der Waals surface area contributed by atoms with Gasteiger partial charge in [-0.25, -0.2) is 15.0 Å². The molecule has 0 saturated heterocycles. The van der Waals surface area contributed by atoms with Crippen molar-refractivity contribution in [3.8, 4) is 0 Å². The maximum Gasteiger partial charge on any atom is 0.222 e. The number of aromatic nitrogens is 3. The lowest BCUT2D eigenvalue weighted by Gasteiger charge is -2.01. The molecule has 0 saturated carbocycles. The molecule has 3 aromatic rings. The quantitative estimate of drug-likeness (QED) is 0.281. The Morgan fingerprint density at radius 2 is 0.806 bits per heavy atom. The van der Waals surface area contributed by atoms with E-state index in [2.05, 4.69) is 78.7 Å². The first-order valence-electron chi connectivity index (χ1n) is 10.5. The van der Waals surface area contributed by atoms with E-state index >= 15 is 0 Å². The molecule has 3 heterocycles. The van der Waals surface area contributed by atoms with E-state index < -0.39 is 0 Å². The normalized spacial score (nSPS) is 9.50. The van der Waals surface area contributed by atoms with Crippen LogP contribution in [0.25, 0.3) is 0 Å². The standard InChI is InChI=1S/3C8H9BrN2O/c3*1-6(12)10-8-4-2-3-7(5-9)11-8/h3*2-4H,5H2,1H3,(H,10,11,12). The number of hydrogen-bond donors (Lipinski definition) is 3. The summed E-state index contributed by atoms with van der Waals surface area (Å²) in [6.07, 6.45) is 0. The summed E-state index contributed by atoms with van der Waals surface area (Å²) in [7, 11) is 0. The second kappa shape index (κ2) is 17.7. The van der Waals surface area contributed by atoms with Gasteiger partial charge in [-0.15, -0.1) is 0 Å². The number of rotatable bonds is 6. The number of anilines is 3. The van der Waals surface area contributed by atoms with Crippen molar-refractivity contribution < 1.29 is 14.4 Å². The van der Waals surface area contributed by atoms with Gasteiger partial charge in [-0.05, 0) is 36.4 Å². The smallest absolute Gasteiger partial charge is 0.222 e. The molecular weight excluding hydrogens is 660 g/mol. The van der Waals surface area contributed by atoms with Crippen LogP contribution in [0, 0.1) is 0 Å². The van der Waals surface area contributed by atoms with Gasteiger partial charge < -0.3 is 16.0 Å². The zero-order valence-corrected chi connectivity index (χ0v) is 24.8. The first-order chi connectivity index (χ1) is 17.2. The van der Waals surface area contributed by atoms with E-state index in [0.717, 1.165) is 17.1 Å². The van der Waals surface area contributed by atoms with E-state index in [1.165, 1.54) is 20.8 Å². The lowest BCUT2D eigenvalue weighted by molar-refractivity contribution is -0.115. The van der Waals surface area contributed by atoms with Gasteiger partial charge in [-0.3, -0.25) is 14.4 Å². The molecular formula is C24H27Br3N6O3. The van der Waals surface area contributed by atoms with Gasteiger partial charge in [0.05, 0.1) is 17.1 Å². The SMILES string of the molecule is CC(=O)Nc1cccc(CBr)n1.CC(=O)Nc1cccc(CBr)n1.CC(=O)Nc1cccc(CBr)n1. The number of carbonyl (C=O) groups is 3. The minimum Gasteiger partial charge on any atom is -0.311 e. The van der Waals surface area contributed by atoms with Crippen molar-refractivity contribution in [3.63, 3.8) is 0 Å². The molecule has 0 fully saturated rings. The highest BCUT2D eigenvalue weighted by atomic mass is 79.9. The van der Waals surface area contributed by atoms with E-state index in [0.29, 0.717) is 33.4 Å². The van der Waals surface area contributed by atoms with Gasteiger partial charge in [0.2, 0.25) is 17.7 Å². The molecule has 0 aliphatic carbocycles. The number of hydrogen-bond acceptors (Lipinski definition) is 6. The topological polar surface area (TPSA) is 126 Å². The first kappa shape index (κ1) is 31.3. The number of halogens is 3. The fraction of sp³-hybridized carbons (Fsp3) is 0.250. The van der Waals surface area contributed by atoms with Gasteiger partial charge in [0.1, 0.15) is 17.5 Å². The summed E-state index contributed by atoms with van der Waals surface area (Å²) in [4.78, 5) is 44.4. The second-order valence-corrected chi connectivity index (χ2v) is 8.67. The van der Waals surface area contributed by atoms with Crippen LogP contribution in [0.3, 0.4) is 0 Å². The van der Waals surface area contributed by atoms with Crippen molar-refractivity contribution in [2.24, 2.45) is 0 Å². The number of nitrogens with one attached hydrogen (secondary N) is 3. The molecule has 3 N–H and O–H groups in total. The highest BCUT2D eigenvalue weighted by Crippen LogP contribution is 2.09. The molecule has 36 heavy (non-hydrogen) atoms. The molecule has 3 rings (SSSR count). The van der Waals surface area contributed by atoms with Gasteiger partial charge >= 0.3 is 0 Å². The van der Waals surface area contributed by atoms with Crippen LogP contribution in [0.15, 0.2) is 54.6 Å². The molecule has 9 nitrogen and oxygen atoms in total. The van der Waals surface area contributed by atoms with Gasteiger partial charge in [0, 0.05) is 36.8 Å². The number of nitrogens with zero attached hydrogens (tertiary/aromatic N) is 3. The van der Waals surface area contributed by atoms with Crippen LogP contribution in [0.4, 0.5) is 17.5 Å². The Morgan fingerprint density at radius 1 is 0.556 bits per heavy atom. The van der Waals surface area contributed by atoms with Gasteiger partial charge in [-0.1, -0.05) is 66.0 Å². The zero-order chi connectivity index (χ0) is 26.9. The Balaban J connectivity index is 0.000000270. The van der Waals surface area contributed by atoms with Crippen LogP contribution < -0.4 is 16.0 Å². The first-order valence-corrected chi connectivity index (χ1v) is 13.9. The summed E-state index contributed by atoms with van der Waals surface area (Å²) in [5, 5.41) is 9.91. The average molecular weight is 687 g/mol. The minimum absolute atomic E-state index is 0.103. The van der Waals surface area contributed by atoms with Gasteiger partial charge in [0.25, 0.3) is 0 Å². The number of pyridine rings is 3. The summed E-state index contributed by atoms with van der Waals surface area (Å²) in [5.74, 6) is 1.48. The lowest BCUT2D eigenvalue weighted by Crippen LogP contribution is -2.07. The van der Waals surface area contributed by atoms with Crippen LogP contribution in [0.1, 0.15) is 37.9 Å². The summed E-state index contributed by atoms with van der Waals surface area (Å²) in [6.45, 7) is 4.38. The highest BCUT2D eigenvalue weighted by molar-refractivity contribution is 9.09. The fourth-order valence-electron chi connectivity index (χ4n) is 2.41. The Labute approximate surface area is 235 Å². The molecule has 0 spiro atoms. The van der Waals surface area contributed by atoms with Crippen molar-refractivity contribution >= 4 is 83.0 Å². The highest BCUT2D eigenvalue weighted by Gasteiger charge is 1.99. The summed E-state index contributed by atoms with van der Waals surface area (Å²) in [6, 6.07) is 16.5. The predicted molar refractivity (Wildman–Crippen MR) is 154 cm³/mol. The molecule has 0 aliphatic heterocycles. The number of carbonyl (C=O) groups excluding carboxylic acids is 3. The minimum atomic E-state index is -0.103. The third kappa shape index (κ3) is 14.0. The molecule has 3 aromatic heterocycles. The zero-order valence-electron chi connectivity index (χ0n) is 20.0. The maximum absolute atomic E-state index is 10.6. The van der Waals surface area contributed by atoms with Crippen molar-refractivity contribution in [1.29, 1.82) is 0 Å². The average Bonchev–Trinajstić information content (AvgIpc) is 2.84. The molecule has 192 valence electrons. The second-order valence-electron chi connectivity index (χ2n) is 6.99. The molecule has 0 unspecified atom stereocenters. The molecule has 0 bridgehead atoms. The lowest BCUT2D eigenvalue weighted by atomic mass is 10.4. The monoisotopic (exact) mass is 684 g/mol. The van der Waals surface area contributed by atoms with Crippen LogP contribution in [0.2, 0.25) is 0 Å². The molecule has 3 amide bonds. The van der Waals surface area contributed by atoms with E-state index in [1.807, 2.05) is 36.4 Å². The Hall–Kier alpha value is -2.70. The Kier molecular flexibility index (Phi) is 15.4. The molecule has 0 atom stereocenters. The third-order valence-corrected chi connectivity index (χ3v) is 5.47. The summed E-state index contributed by atoms with van der Waals surface area (Å²) >= 11 is 9.85. The number of alkyl halides is 3. The fourth-order valence-corrected chi connectivity index (χ4v) is 3.35. The summed E-state index contributed by atoms with van der Waals surface area (Å²) in [5.41, 5.74) is 2.71. The van der Waals surface area contributed by atoms with Crippen LogP contribution >= 0.6 is 47.8 Å². The van der Waals surface area contributed by atoms with E-state index in [4.69, 9.17) is 0 Å². The molecule has 12 heteroatoms. The van der Waals surface area contributed by atoms with E-state index in [1.54, 1.807) is 18.2 Å². The predicted octanol–water partition coefficient (Wildman–Crippen LogP) is 5.80. The molecule has 0 aromatic carbocycles. The largest absolute Gasteiger partial charge is 0.311 e. The van der Waals surface area contributed by atoms with Crippen molar-refractivity contribution in [2.45, 2.75) is 36.8 Å². The third-order valence-electron chi connectivity index (χ3n) is 3.74. The van der Waals surface area contributed by atoms with Crippen molar-refractivity contribution in [2.75, 3.05) is 16.0 Å². The van der Waals surface area contributed by atoms with Crippen LogP contribution in [-0.4, -0.2) is 32.7 Å². The molecule has 0 radical (unpaired) electrons. The Bertz CT molecular complexity index is 1010. The van der Waals surface area contributed by atoms with Crippen LogP contribution in [0.5, 0.6) is 0 Å². The van der Waals surface area contributed by atoms with Gasteiger partial charge in [-0.2, -0.15) is 0 Å². The number of amides is 3. The van der Waals surface area contributed by atoms with Crippen molar-refractivity contribution in [3.05, 3.63) is 71.7 Å². The summed E-state index contributed by atoms with van der Waals surface area (Å²) < 4.78 is 0.